The van der Waals surface area contributed by atoms with Gasteiger partial charge in [-0.3, -0.25) is 4.79 Å². The first-order valence-corrected chi connectivity index (χ1v) is 17.3. The van der Waals surface area contributed by atoms with Crippen LogP contribution in [0.5, 0.6) is 5.75 Å². The Hall–Kier alpha value is -2.66. The van der Waals surface area contributed by atoms with Crippen LogP contribution in [0.25, 0.3) is 0 Å². The number of anilines is 1. The van der Waals surface area contributed by atoms with Crippen molar-refractivity contribution in [2.75, 3.05) is 11.5 Å². The van der Waals surface area contributed by atoms with Gasteiger partial charge in [0.1, 0.15) is 5.75 Å². The van der Waals surface area contributed by atoms with Crippen LogP contribution in [-0.4, -0.2) is 12.5 Å². The molecule has 0 bridgehead atoms. The van der Waals surface area contributed by atoms with E-state index in [1.54, 1.807) is 18.3 Å². The van der Waals surface area contributed by atoms with Gasteiger partial charge in [0.15, 0.2) is 12.7 Å². The predicted octanol–water partition coefficient (Wildman–Crippen LogP) is 10.0. The minimum atomic E-state index is -0.0517. The maximum absolute atomic E-state index is 12.7. The molecular formula is C37H55N2O2S+. The van der Waals surface area contributed by atoms with E-state index in [1.807, 2.05) is 4.90 Å². The van der Waals surface area contributed by atoms with Crippen molar-refractivity contribution in [1.29, 1.82) is 0 Å². The number of amides is 1. The van der Waals surface area contributed by atoms with Crippen LogP contribution >= 0.6 is 11.3 Å². The van der Waals surface area contributed by atoms with Gasteiger partial charge in [0.05, 0.1) is 18.5 Å². The highest BCUT2D eigenvalue weighted by Crippen LogP contribution is 2.33. The van der Waals surface area contributed by atoms with Gasteiger partial charge in [0.2, 0.25) is 11.4 Å². The number of thiazole rings is 1. The molecule has 0 radical (unpaired) electrons. The Morgan fingerprint density at radius 1 is 0.833 bits per heavy atom. The number of aromatic nitrogens is 1. The fraction of sp³-hybridized carbons (Fsp3) is 0.568. The van der Waals surface area contributed by atoms with E-state index >= 15 is 0 Å². The van der Waals surface area contributed by atoms with Crippen LogP contribution in [-0.2, 0) is 23.3 Å². The zero-order valence-electron chi connectivity index (χ0n) is 27.0. The molecule has 230 valence electrons. The maximum Gasteiger partial charge on any atom is 0.224 e. The molecule has 2 aromatic carbocycles. The Balaban J connectivity index is 1.48. The molecule has 0 aliphatic heterocycles. The van der Waals surface area contributed by atoms with E-state index in [2.05, 4.69) is 91.8 Å². The molecule has 0 saturated carbocycles. The van der Waals surface area contributed by atoms with Crippen LogP contribution in [0.1, 0.15) is 128 Å². The average molecular weight is 592 g/mol. The van der Waals surface area contributed by atoms with Gasteiger partial charge >= 0.3 is 0 Å². The monoisotopic (exact) mass is 591 g/mol. The van der Waals surface area contributed by atoms with Crippen LogP contribution in [0.3, 0.4) is 0 Å². The summed E-state index contributed by atoms with van der Waals surface area (Å²) in [7, 11) is 0. The van der Waals surface area contributed by atoms with Gasteiger partial charge < -0.3 is 9.64 Å². The lowest BCUT2D eigenvalue weighted by Gasteiger charge is -2.26. The summed E-state index contributed by atoms with van der Waals surface area (Å²) in [5.41, 5.74) is 6.51. The summed E-state index contributed by atoms with van der Waals surface area (Å²) in [5, 5.41) is 2.08. The van der Waals surface area contributed by atoms with Gasteiger partial charge in [0, 0.05) is 18.2 Å². The summed E-state index contributed by atoms with van der Waals surface area (Å²) >= 11 is 1.69. The van der Waals surface area contributed by atoms with E-state index in [-0.39, 0.29) is 11.3 Å². The molecule has 42 heavy (non-hydrogen) atoms. The molecule has 4 nitrogen and oxygen atoms in total. The number of hydrogen-bond acceptors (Lipinski definition) is 3. The second-order valence-corrected chi connectivity index (χ2v) is 13.5. The third-order valence-electron chi connectivity index (χ3n) is 7.97. The molecule has 0 aliphatic rings. The molecule has 0 saturated heterocycles. The Morgan fingerprint density at radius 3 is 1.98 bits per heavy atom. The predicted molar refractivity (Wildman–Crippen MR) is 179 cm³/mol. The molecule has 1 heterocycles. The highest BCUT2D eigenvalue weighted by atomic mass is 32.1. The fourth-order valence-electron chi connectivity index (χ4n) is 5.42. The van der Waals surface area contributed by atoms with Crippen molar-refractivity contribution in [1.82, 2.24) is 0 Å². The van der Waals surface area contributed by atoms with E-state index in [0.29, 0.717) is 6.54 Å². The summed E-state index contributed by atoms with van der Waals surface area (Å²) in [5.74, 6) is 1.01. The Morgan fingerprint density at radius 2 is 1.43 bits per heavy atom. The summed E-state index contributed by atoms with van der Waals surface area (Å²) in [6, 6.07) is 14.8. The number of rotatable bonds is 19. The van der Waals surface area contributed by atoms with Gasteiger partial charge in [0.25, 0.3) is 0 Å². The smallest absolute Gasteiger partial charge is 0.224 e. The van der Waals surface area contributed by atoms with Crippen molar-refractivity contribution in [3.8, 4) is 5.75 Å². The van der Waals surface area contributed by atoms with Crippen molar-refractivity contribution in [2.24, 2.45) is 0 Å². The number of benzene rings is 2. The first kappa shape index (κ1) is 33.8. The molecule has 5 heteroatoms. The van der Waals surface area contributed by atoms with Crippen LogP contribution in [0, 0.1) is 0 Å². The Labute approximate surface area is 260 Å². The van der Waals surface area contributed by atoms with Gasteiger partial charge in [-0.1, -0.05) is 128 Å². The van der Waals surface area contributed by atoms with Crippen molar-refractivity contribution >= 4 is 22.9 Å². The zero-order valence-corrected chi connectivity index (χ0v) is 27.8. The summed E-state index contributed by atoms with van der Waals surface area (Å²) in [6.45, 7) is 12.8. The molecule has 0 aliphatic carbocycles. The van der Waals surface area contributed by atoms with Gasteiger partial charge in [-0.05, 0) is 47.2 Å². The van der Waals surface area contributed by atoms with E-state index in [1.165, 1.54) is 81.8 Å². The maximum atomic E-state index is 12.7. The number of unbranched alkanes of at least 4 members (excludes halogenated alkanes) is 11. The average Bonchev–Trinajstić information content (AvgIpc) is 3.47. The van der Waals surface area contributed by atoms with Crippen molar-refractivity contribution in [3.05, 3.63) is 76.2 Å². The van der Waals surface area contributed by atoms with E-state index in [9.17, 15) is 4.79 Å². The van der Waals surface area contributed by atoms with E-state index < -0.39 is 0 Å². The minimum Gasteiger partial charge on any atom is -0.493 e. The second kappa shape index (κ2) is 18.1. The molecule has 0 spiro atoms. The molecule has 0 N–H and O–H groups in total. The lowest BCUT2D eigenvalue weighted by Crippen LogP contribution is -2.30. The first-order chi connectivity index (χ1) is 20.3. The molecule has 1 amide bonds. The Kier molecular flexibility index (Phi) is 14.6. The van der Waals surface area contributed by atoms with Gasteiger partial charge in [-0.25, -0.2) is 0 Å². The number of ether oxygens (including phenoxy) is 1. The standard InChI is InChI=1S/C37H55N2O2S/c1-6-7-8-9-10-11-12-13-14-15-16-17-25-41-36-23-20-33(27-35(36)37(3,4)5)29-39(31(2)40)34-21-18-32(19-22-34)28-38-24-26-42-30-38/h18-24,26-27,30H,6-17,25,28-29H2,1-5H3/q+1. The number of nitrogens with zero attached hydrogens (tertiary/aromatic N) is 2. The highest BCUT2D eigenvalue weighted by molar-refractivity contribution is 7.07. The van der Waals surface area contributed by atoms with E-state index in [0.717, 1.165) is 36.6 Å². The summed E-state index contributed by atoms with van der Waals surface area (Å²) < 4.78 is 8.49. The van der Waals surface area contributed by atoms with E-state index in [4.69, 9.17) is 4.74 Å². The summed E-state index contributed by atoms with van der Waals surface area (Å²) in [6.07, 6.45) is 18.2. The molecule has 3 aromatic rings. The van der Waals surface area contributed by atoms with Crippen LogP contribution < -0.4 is 14.2 Å². The largest absolute Gasteiger partial charge is 0.493 e. The molecule has 0 fully saturated rings. The van der Waals surface area contributed by atoms with Crippen molar-refractivity contribution in [3.63, 3.8) is 0 Å². The molecule has 0 atom stereocenters. The number of carbonyl (C=O) groups excluding carboxylic acids is 1. The van der Waals surface area contributed by atoms with Crippen LogP contribution in [0.2, 0.25) is 0 Å². The van der Waals surface area contributed by atoms with Gasteiger partial charge in [-0.2, -0.15) is 4.57 Å². The molecule has 3 rings (SSSR count). The van der Waals surface area contributed by atoms with Gasteiger partial charge in [-0.15, -0.1) is 0 Å². The normalized spacial score (nSPS) is 11.5. The topological polar surface area (TPSA) is 33.4 Å². The third kappa shape index (κ3) is 11.9. The number of carbonyl (C=O) groups is 1. The van der Waals surface area contributed by atoms with Crippen molar-refractivity contribution in [2.45, 2.75) is 130 Å². The Bertz CT molecular complexity index is 1170. The molecule has 1 aromatic heterocycles. The molecule has 0 unspecified atom stereocenters. The SMILES string of the molecule is CCCCCCCCCCCCCCOc1ccc(CN(C(C)=O)c2ccc(C[n+]3ccsc3)cc2)cc1C(C)(C)C. The quantitative estimate of drug-likeness (QED) is 0.103. The second-order valence-electron chi connectivity index (χ2n) is 12.8. The van der Waals surface area contributed by atoms with Crippen molar-refractivity contribution < 1.29 is 14.1 Å². The highest BCUT2D eigenvalue weighted by Gasteiger charge is 2.21. The fourth-order valence-corrected chi connectivity index (χ4v) is 6.02. The third-order valence-corrected chi connectivity index (χ3v) is 8.64. The lowest BCUT2D eigenvalue weighted by molar-refractivity contribution is -0.683. The van der Waals surface area contributed by atoms with Crippen LogP contribution in [0.4, 0.5) is 5.69 Å². The minimum absolute atomic E-state index is 0.0413. The number of hydrogen-bond donors (Lipinski definition) is 0. The van der Waals surface area contributed by atoms with Crippen LogP contribution in [0.15, 0.2) is 59.6 Å². The molecular weight excluding hydrogens is 536 g/mol. The lowest BCUT2D eigenvalue weighted by atomic mass is 9.85. The summed E-state index contributed by atoms with van der Waals surface area (Å²) in [4.78, 5) is 14.5. The zero-order chi connectivity index (χ0) is 30.2. The first-order valence-electron chi connectivity index (χ1n) is 16.3.